The fourth-order valence-electron chi connectivity index (χ4n) is 7.04. The number of nitrogens with zero attached hydrogens (tertiary/aromatic N) is 2. The molecular weight excluding hydrogens is 572 g/mol. The van der Waals surface area contributed by atoms with Crippen LogP contribution in [0.15, 0.2) is 162 Å². The Hall–Kier alpha value is -6.06. The van der Waals surface area contributed by atoms with Gasteiger partial charge in [0.05, 0.1) is 22.7 Å². The molecule has 0 bridgehead atoms. The van der Waals surface area contributed by atoms with Crippen LogP contribution in [0, 0.1) is 6.92 Å². The van der Waals surface area contributed by atoms with Crippen LogP contribution in [0.1, 0.15) is 5.56 Å². The van der Waals surface area contributed by atoms with Crippen LogP contribution in [-0.4, -0.2) is 7.05 Å². The summed E-state index contributed by atoms with van der Waals surface area (Å²) in [5.74, 6) is 0. The van der Waals surface area contributed by atoms with Crippen LogP contribution in [-0.2, 0) is 0 Å². The highest BCUT2D eigenvalue weighted by Crippen LogP contribution is 2.52. The number of benzene rings is 7. The smallest absolute Gasteiger partial charge is 0.143 e. The highest BCUT2D eigenvalue weighted by Gasteiger charge is 2.28. The lowest BCUT2D eigenvalue weighted by atomic mass is 9.98. The van der Waals surface area contributed by atoms with Crippen molar-refractivity contribution in [1.29, 1.82) is 0 Å². The predicted molar refractivity (Wildman–Crippen MR) is 198 cm³/mol. The van der Waals surface area contributed by atoms with E-state index in [4.69, 9.17) is 4.42 Å². The fourth-order valence-corrected chi connectivity index (χ4v) is 7.04. The number of furan rings is 1. The van der Waals surface area contributed by atoms with Crippen LogP contribution in [0.2, 0.25) is 0 Å². The number of hydrogen-bond donors (Lipinski definition) is 0. The van der Waals surface area contributed by atoms with Gasteiger partial charge in [-0.3, -0.25) is 0 Å². The van der Waals surface area contributed by atoms with Crippen molar-refractivity contribution < 1.29 is 4.42 Å². The summed E-state index contributed by atoms with van der Waals surface area (Å²) >= 11 is 0. The molecule has 0 saturated heterocycles. The van der Waals surface area contributed by atoms with Crippen LogP contribution in [0.4, 0.5) is 28.4 Å². The molecule has 1 aromatic heterocycles. The third kappa shape index (κ3) is 4.51. The van der Waals surface area contributed by atoms with Crippen molar-refractivity contribution in [3.05, 3.63) is 163 Å². The van der Waals surface area contributed by atoms with Gasteiger partial charge in [0.1, 0.15) is 11.2 Å². The highest BCUT2D eigenvalue weighted by molar-refractivity contribution is 6.09. The van der Waals surface area contributed by atoms with E-state index < -0.39 is 0 Å². The molecule has 0 fully saturated rings. The number of fused-ring (bicyclic) bond motifs is 5. The summed E-state index contributed by atoms with van der Waals surface area (Å²) in [6, 6.07) is 56.5. The average molecular weight is 605 g/mol. The second-order valence-corrected chi connectivity index (χ2v) is 12.4. The van der Waals surface area contributed by atoms with E-state index in [2.05, 4.69) is 169 Å². The van der Waals surface area contributed by atoms with Crippen LogP contribution in [0.25, 0.3) is 55.3 Å². The number of rotatable bonds is 4. The van der Waals surface area contributed by atoms with Gasteiger partial charge in [0, 0.05) is 29.1 Å². The molecule has 0 saturated carbocycles. The third-order valence-corrected chi connectivity index (χ3v) is 9.48. The Labute approximate surface area is 274 Å². The van der Waals surface area contributed by atoms with Gasteiger partial charge in [-0.2, -0.15) is 0 Å². The van der Waals surface area contributed by atoms with Gasteiger partial charge in [-0.05, 0) is 82.8 Å². The van der Waals surface area contributed by atoms with Crippen LogP contribution in [0.5, 0.6) is 0 Å². The maximum atomic E-state index is 6.31. The second kappa shape index (κ2) is 10.8. The standard InChI is InChI=1S/C44H32N2O/c1-29-15-25-39-41(27-29)45(2)42-28-34(30-9-4-3-5-10-30)22-26-40(42)46(39)35-23-20-32(21-24-35)31-16-18-33(19-17-31)36-12-8-13-38-37-11-6-7-14-43(37)47-44(36)38/h3-28H,1-2H3. The zero-order valence-electron chi connectivity index (χ0n) is 26.3. The van der Waals surface area contributed by atoms with Crippen molar-refractivity contribution in [3.8, 4) is 33.4 Å². The fraction of sp³-hybridized carbons (Fsp3) is 0.0455. The van der Waals surface area contributed by atoms with Crippen molar-refractivity contribution in [3.63, 3.8) is 0 Å². The van der Waals surface area contributed by atoms with Crippen molar-refractivity contribution in [2.45, 2.75) is 6.92 Å². The molecule has 224 valence electrons. The molecule has 0 aliphatic carbocycles. The molecule has 3 heteroatoms. The summed E-state index contributed by atoms with van der Waals surface area (Å²) in [6.45, 7) is 2.16. The Morgan fingerprint density at radius 2 is 1.04 bits per heavy atom. The summed E-state index contributed by atoms with van der Waals surface area (Å²) in [5, 5.41) is 2.30. The molecule has 0 unspecified atom stereocenters. The molecule has 8 aromatic rings. The molecule has 0 N–H and O–H groups in total. The van der Waals surface area contributed by atoms with Crippen molar-refractivity contribution in [2.75, 3.05) is 16.8 Å². The van der Waals surface area contributed by atoms with Crippen LogP contribution in [0.3, 0.4) is 0 Å². The molecule has 0 spiro atoms. The first-order valence-electron chi connectivity index (χ1n) is 16.1. The number of para-hydroxylation sites is 2. The topological polar surface area (TPSA) is 19.6 Å². The van der Waals surface area contributed by atoms with Gasteiger partial charge in [-0.1, -0.05) is 115 Å². The van der Waals surface area contributed by atoms with Crippen molar-refractivity contribution in [1.82, 2.24) is 0 Å². The second-order valence-electron chi connectivity index (χ2n) is 12.4. The van der Waals surface area contributed by atoms with Gasteiger partial charge in [-0.25, -0.2) is 0 Å². The largest absolute Gasteiger partial charge is 0.455 e. The Morgan fingerprint density at radius 1 is 0.447 bits per heavy atom. The van der Waals surface area contributed by atoms with E-state index in [9.17, 15) is 0 Å². The van der Waals surface area contributed by atoms with Crippen LogP contribution < -0.4 is 9.80 Å². The van der Waals surface area contributed by atoms with E-state index in [0.29, 0.717) is 0 Å². The van der Waals surface area contributed by atoms with Gasteiger partial charge in [0.15, 0.2) is 0 Å². The molecular formula is C44H32N2O. The zero-order chi connectivity index (χ0) is 31.5. The number of hydrogen-bond acceptors (Lipinski definition) is 3. The SMILES string of the molecule is Cc1ccc2c(c1)N(C)c1cc(-c3ccccc3)ccc1N2c1ccc(-c2ccc(-c3cccc4c3oc3ccccc34)cc2)cc1. The first-order valence-corrected chi connectivity index (χ1v) is 16.1. The van der Waals surface area contributed by atoms with E-state index in [1.54, 1.807) is 0 Å². The normalized spacial score (nSPS) is 12.4. The van der Waals surface area contributed by atoms with Gasteiger partial charge < -0.3 is 14.2 Å². The summed E-state index contributed by atoms with van der Waals surface area (Å²) in [5.41, 5.74) is 16.0. The Kier molecular flexibility index (Phi) is 6.26. The van der Waals surface area contributed by atoms with E-state index in [1.807, 2.05) is 12.1 Å². The third-order valence-electron chi connectivity index (χ3n) is 9.48. The summed E-state index contributed by atoms with van der Waals surface area (Å²) in [7, 11) is 2.17. The Bertz CT molecular complexity index is 2420. The van der Waals surface area contributed by atoms with Gasteiger partial charge in [0.2, 0.25) is 0 Å². The summed E-state index contributed by atoms with van der Waals surface area (Å²) < 4.78 is 6.31. The maximum absolute atomic E-state index is 6.31. The number of anilines is 5. The molecule has 3 nitrogen and oxygen atoms in total. The quantitative estimate of drug-likeness (QED) is 0.199. The summed E-state index contributed by atoms with van der Waals surface area (Å²) in [6.07, 6.45) is 0. The lowest BCUT2D eigenvalue weighted by molar-refractivity contribution is 0.670. The van der Waals surface area contributed by atoms with E-state index in [0.717, 1.165) is 38.8 Å². The molecule has 0 radical (unpaired) electrons. The van der Waals surface area contributed by atoms with E-state index in [-0.39, 0.29) is 0 Å². The van der Waals surface area contributed by atoms with Gasteiger partial charge in [0.25, 0.3) is 0 Å². The van der Waals surface area contributed by atoms with E-state index >= 15 is 0 Å². The molecule has 1 aliphatic rings. The minimum Gasteiger partial charge on any atom is -0.455 e. The highest BCUT2D eigenvalue weighted by atomic mass is 16.3. The Balaban J connectivity index is 1.07. The molecule has 47 heavy (non-hydrogen) atoms. The molecule has 1 aliphatic heterocycles. The Morgan fingerprint density at radius 3 is 1.83 bits per heavy atom. The van der Waals surface area contributed by atoms with Crippen LogP contribution >= 0.6 is 0 Å². The lowest BCUT2D eigenvalue weighted by Gasteiger charge is -2.39. The first kappa shape index (κ1) is 27.3. The number of aryl methyl sites for hydroxylation is 1. The van der Waals surface area contributed by atoms with Gasteiger partial charge >= 0.3 is 0 Å². The molecule has 0 amide bonds. The first-order chi connectivity index (χ1) is 23.1. The average Bonchev–Trinajstić information content (AvgIpc) is 3.52. The lowest BCUT2D eigenvalue weighted by Crippen LogP contribution is -2.24. The van der Waals surface area contributed by atoms with Crippen molar-refractivity contribution >= 4 is 50.4 Å². The minimum absolute atomic E-state index is 0.920. The minimum atomic E-state index is 0.920. The zero-order valence-corrected chi connectivity index (χ0v) is 26.3. The van der Waals surface area contributed by atoms with E-state index in [1.165, 1.54) is 50.6 Å². The monoisotopic (exact) mass is 604 g/mol. The van der Waals surface area contributed by atoms with Crippen molar-refractivity contribution in [2.24, 2.45) is 0 Å². The predicted octanol–water partition coefficient (Wildman–Crippen LogP) is 12.4. The molecule has 0 atom stereocenters. The van der Waals surface area contributed by atoms with Gasteiger partial charge in [-0.15, -0.1) is 0 Å². The molecule has 2 heterocycles. The summed E-state index contributed by atoms with van der Waals surface area (Å²) in [4.78, 5) is 4.71. The molecule has 9 rings (SSSR count). The maximum Gasteiger partial charge on any atom is 0.143 e. The molecule has 7 aromatic carbocycles.